The maximum Gasteiger partial charge on any atom is 0.251 e. The smallest absolute Gasteiger partial charge is 0.251 e. The molecule has 0 heterocycles. The summed E-state index contributed by atoms with van der Waals surface area (Å²) in [7, 11) is 1.47. The molecule has 0 fully saturated rings. The molecule has 7 heteroatoms. The van der Waals surface area contributed by atoms with Crippen LogP contribution in [-0.2, 0) is 6.42 Å². The Kier molecular flexibility index (Phi) is 5.81. The molecule has 0 radical (unpaired) electrons. The van der Waals surface area contributed by atoms with E-state index in [1.54, 1.807) is 12.1 Å². The molecular formula is C17H16BrNO5. The van der Waals surface area contributed by atoms with Crippen molar-refractivity contribution in [2.75, 3.05) is 13.7 Å². The number of carbonyl (C=O) groups is 2. The van der Waals surface area contributed by atoms with Crippen LogP contribution in [0.2, 0.25) is 0 Å². The number of phenols is 2. The van der Waals surface area contributed by atoms with Gasteiger partial charge >= 0.3 is 0 Å². The van der Waals surface area contributed by atoms with E-state index >= 15 is 0 Å². The number of carbonyl (C=O) groups excluding carboxylic acids is 2. The fourth-order valence-corrected chi connectivity index (χ4v) is 2.62. The van der Waals surface area contributed by atoms with Crippen molar-refractivity contribution < 1.29 is 24.5 Å². The first-order valence-electron chi connectivity index (χ1n) is 7.08. The van der Waals surface area contributed by atoms with Crippen LogP contribution in [0.15, 0.2) is 34.8 Å². The molecule has 0 bridgehead atoms. The number of hydrogen-bond acceptors (Lipinski definition) is 5. The lowest BCUT2D eigenvalue weighted by molar-refractivity contribution is 0.0954. The zero-order valence-electron chi connectivity index (χ0n) is 12.9. The van der Waals surface area contributed by atoms with Crippen LogP contribution >= 0.6 is 15.9 Å². The third kappa shape index (κ3) is 4.05. The molecule has 3 N–H and O–H groups in total. The van der Waals surface area contributed by atoms with Gasteiger partial charge in [-0.05, 0) is 52.2 Å². The summed E-state index contributed by atoms with van der Waals surface area (Å²) < 4.78 is 5.31. The van der Waals surface area contributed by atoms with Crippen LogP contribution in [0.3, 0.4) is 0 Å². The summed E-state index contributed by atoms with van der Waals surface area (Å²) in [6.45, 7) is 0.363. The lowest BCUT2D eigenvalue weighted by Crippen LogP contribution is -2.25. The van der Waals surface area contributed by atoms with E-state index in [-0.39, 0.29) is 33.0 Å². The highest BCUT2D eigenvalue weighted by Gasteiger charge is 2.12. The first-order valence-corrected chi connectivity index (χ1v) is 7.87. The number of benzene rings is 2. The number of halogens is 1. The quantitative estimate of drug-likeness (QED) is 0.655. The number of aromatic hydroxyl groups is 2. The van der Waals surface area contributed by atoms with E-state index in [4.69, 9.17) is 4.74 Å². The van der Waals surface area contributed by atoms with Gasteiger partial charge in [-0.2, -0.15) is 0 Å². The highest BCUT2D eigenvalue weighted by atomic mass is 79.9. The van der Waals surface area contributed by atoms with E-state index < -0.39 is 0 Å². The molecule has 126 valence electrons. The summed E-state index contributed by atoms with van der Waals surface area (Å²) in [5.74, 6) is -0.125. The molecule has 2 aromatic rings. The van der Waals surface area contributed by atoms with Crippen LogP contribution in [-0.4, -0.2) is 36.1 Å². The second kappa shape index (κ2) is 7.83. The number of ether oxygens (including phenoxy) is 1. The molecule has 0 aliphatic heterocycles. The van der Waals surface area contributed by atoms with Gasteiger partial charge in [-0.25, -0.2) is 0 Å². The Morgan fingerprint density at radius 3 is 2.71 bits per heavy atom. The van der Waals surface area contributed by atoms with Gasteiger partial charge in [0.2, 0.25) is 0 Å². The van der Waals surface area contributed by atoms with E-state index in [0.717, 1.165) is 5.56 Å². The van der Waals surface area contributed by atoms with Crippen LogP contribution < -0.4 is 10.1 Å². The van der Waals surface area contributed by atoms with E-state index in [0.29, 0.717) is 25.0 Å². The summed E-state index contributed by atoms with van der Waals surface area (Å²) in [6, 6.07) is 7.74. The monoisotopic (exact) mass is 393 g/mol. The summed E-state index contributed by atoms with van der Waals surface area (Å²) in [4.78, 5) is 23.0. The third-order valence-corrected chi connectivity index (χ3v) is 4.03. The molecule has 24 heavy (non-hydrogen) atoms. The van der Waals surface area contributed by atoms with Crippen LogP contribution in [0.4, 0.5) is 0 Å². The van der Waals surface area contributed by atoms with Gasteiger partial charge < -0.3 is 20.3 Å². The second-order valence-electron chi connectivity index (χ2n) is 5.03. The molecule has 0 aromatic heterocycles. The Balaban J connectivity index is 2.01. The van der Waals surface area contributed by atoms with Gasteiger partial charge in [0.25, 0.3) is 5.91 Å². The highest BCUT2D eigenvalue weighted by Crippen LogP contribution is 2.28. The van der Waals surface area contributed by atoms with Crippen molar-refractivity contribution in [3.63, 3.8) is 0 Å². The second-order valence-corrected chi connectivity index (χ2v) is 5.88. The fraction of sp³-hybridized carbons (Fsp3) is 0.176. The molecule has 0 atom stereocenters. The Morgan fingerprint density at radius 1 is 1.29 bits per heavy atom. The van der Waals surface area contributed by atoms with E-state index in [1.165, 1.54) is 25.3 Å². The predicted octanol–water partition coefficient (Wildman–Crippen LogP) is 2.65. The largest absolute Gasteiger partial charge is 0.506 e. The number of amides is 1. The van der Waals surface area contributed by atoms with Gasteiger partial charge in [0.15, 0.2) is 17.8 Å². The van der Waals surface area contributed by atoms with Gasteiger partial charge in [-0.1, -0.05) is 6.07 Å². The fourth-order valence-electron chi connectivity index (χ4n) is 2.14. The number of methoxy groups -OCH3 is 1. The van der Waals surface area contributed by atoms with E-state index in [1.807, 2.05) is 0 Å². The summed E-state index contributed by atoms with van der Waals surface area (Å²) in [5, 5.41) is 21.9. The van der Waals surface area contributed by atoms with E-state index in [2.05, 4.69) is 21.2 Å². The van der Waals surface area contributed by atoms with Crippen LogP contribution in [0, 0.1) is 0 Å². The zero-order chi connectivity index (χ0) is 17.7. The topological polar surface area (TPSA) is 95.9 Å². The maximum atomic E-state index is 12.1. The highest BCUT2D eigenvalue weighted by molar-refractivity contribution is 9.10. The number of hydrogen-bond donors (Lipinski definition) is 3. The Hall–Kier alpha value is -2.54. The summed E-state index contributed by atoms with van der Waals surface area (Å²) in [6.07, 6.45) is 1.03. The number of phenolic OH excluding ortho intramolecular Hbond substituents is 2. The van der Waals surface area contributed by atoms with Crippen molar-refractivity contribution in [2.45, 2.75) is 6.42 Å². The molecule has 6 nitrogen and oxygen atoms in total. The summed E-state index contributed by atoms with van der Waals surface area (Å²) in [5.41, 5.74) is 1.20. The van der Waals surface area contributed by atoms with Gasteiger partial charge in [-0.3, -0.25) is 9.59 Å². The third-order valence-electron chi connectivity index (χ3n) is 3.43. The van der Waals surface area contributed by atoms with Crippen LogP contribution in [0.5, 0.6) is 17.2 Å². The Labute approximate surface area is 147 Å². The van der Waals surface area contributed by atoms with Gasteiger partial charge in [-0.15, -0.1) is 0 Å². The normalized spacial score (nSPS) is 10.2. The molecule has 0 aliphatic carbocycles. The minimum absolute atomic E-state index is 0.0396. The molecule has 0 saturated carbocycles. The molecule has 0 unspecified atom stereocenters. The molecular weight excluding hydrogens is 378 g/mol. The predicted molar refractivity (Wildman–Crippen MR) is 91.9 cm³/mol. The van der Waals surface area contributed by atoms with Crippen LogP contribution in [0.1, 0.15) is 26.3 Å². The minimum Gasteiger partial charge on any atom is -0.506 e. The molecule has 0 spiro atoms. The number of rotatable bonds is 6. The lowest BCUT2D eigenvalue weighted by atomic mass is 10.1. The van der Waals surface area contributed by atoms with Crippen molar-refractivity contribution in [3.05, 3.63) is 51.5 Å². The standard InChI is InChI=1S/C17H16BrNO5/c1-24-15-6-10(2-3-14(15)21)4-5-19-17(23)11-7-12(9-20)16(22)13(18)8-11/h2-3,6-9,21-22H,4-5H2,1H3,(H,19,23). The van der Waals surface area contributed by atoms with Crippen molar-refractivity contribution >= 4 is 28.1 Å². The lowest BCUT2D eigenvalue weighted by Gasteiger charge is -2.09. The van der Waals surface area contributed by atoms with Crippen molar-refractivity contribution in [2.24, 2.45) is 0 Å². The average molecular weight is 394 g/mol. The van der Waals surface area contributed by atoms with Crippen molar-refractivity contribution in [1.29, 1.82) is 0 Å². The number of aldehydes is 1. The van der Waals surface area contributed by atoms with Crippen molar-refractivity contribution in [1.82, 2.24) is 5.32 Å². The summed E-state index contributed by atoms with van der Waals surface area (Å²) >= 11 is 3.11. The number of nitrogens with one attached hydrogen (secondary N) is 1. The van der Waals surface area contributed by atoms with Crippen molar-refractivity contribution in [3.8, 4) is 17.2 Å². The molecule has 2 rings (SSSR count). The molecule has 2 aromatic carbocycles. The Bertz CT molecular complexity index is 776. The maximum absolute atomic E-state index is 12.1. The van der Waals surface area contributed by atoms with Gasteiger partial charge in [0.1, 0.15) is 5.75 Å². The van der Waals surface area contributed by atoms with Gasteiger partial charge in [0.05, 0.1) is 17.1 Å². The average Bonchev–Trinajstić information content (AvgIpc) is 2.58. The zero-order valence-corrected chi connectivity index (χ0v) is 14.5. The first-order chi connectivity index (χ1) is 11.5. The van der Waals surface area contributed by atoms with E-state index in [9.17, 15) is 19.8 Å². The first kappa shape index (κ1) is 17.8. The minimum atomic E-state index is -0.357. The van der Waals surface area contributed by atoms with Crippen LogP contribution in [0.25, 0.3) is 0 Å². The molecule has 0 saturated heterocycles. The molecule has 0 aliphatic rings. The molecule has 1 amide bonds. The van der Waals surface area contributed by atoms with Gasteiger partial charge in [0, 0.05) is 12.1 Å². The Morgan fingerprint density at radius 2 is 2.04 bits per heavy atom. The SMILES string of the molecule is COc1cc(CCNC(=O)c2cc(Br)c(O)c(C=O)c2)ccc1O.